The third kappa shape index (κ3) is 3.44. The first-order chi connectivity index (χ1) is 9.88. The van der Waals surface area contributed by atoms with E-state index in [0.29, 0.717) is 22.2 Å². The summed E-state index contributed by atoms with van der Waals surface area (Å²) in [4.78, 5) is 23.2. The summed E-state index contributed by atoms with van der Waals surface area (Å²) in [5.74, 6) is -1.62. The van der Waals surface area contributed by atoms with Crippen LogP contribution in [0.25, 0.3) is 0 Å². The summed E-state index contributed by atoms with van der Waals surface area (Å²) in [6, 6.07) is 6.41. The number of carbonyl (C=O) groups is 2. The molecule has 0 spiro atoms. The normalized spacial score (nSPS) is 14.8. The molecule has 0 aromatic heterocycles. The number of benzene rings is 1. The number of esters is 1. The standard InChI is InChI=1S/C15H14ClNO4/c1-8-12(14(18)19)7-13(9(2)17-8)15(20)21-11-5-3-4-10(16)6-11/h3-6,17H,7H2,1-2H3,(H,18,19)/p-1. The van der Waals surface area contributed by atoms with Crippen LogP contribution in [-0.2, 0) is 9.59 Å². The van der Waals surface area contributed by atoms with E-state index >= 15 is 0 Å². The molecule has 110 valence electrons. The van der Waals surface area contributed by atoms with Crippen LogP contribution in [0.15, 0.2) is 46.8 Å². The molecule has 1 heterocycles. The fourth-order valence-corrected chi connectivity index (χ4v) is 2.20. The van der Waals surface area contributed by atoms with Crippen LogP contribution < -0.4 is 15.2 Å². The van der Waals surface area contributed by atoms with Gasteiger partial charge in [0.05, 0.1) is 11.5 Å². The van der Waals surface area contributed by atoms with Gasteiger partial charge in [-0.15, -0.1) is 0 Å². The van der Waals surface area contributed by atoms with Gasteiger partial charge in [0.1, 0.15) is 5.75 Å². The summed E-state index contributed by atoms with van der Waals surface area (Å²) in [5, 5.41) is 14.3. The van der Waals surface area contributed by atoms with Crippen molar-refractivity contribution in [2.75, 3.05) is 0 Å². The van der Waals surface area contributed by atoms with E-state index < -0.39 is 11.9 Å². The highest BCUT2D eigenvalue weighted by Crippen LogP contribution is 2.25. The van der Waals surface area contributed by atoms with E-state index in [2.05, 4.69) is 5.32 Å². The number of ether oxygens (including phenoxy) is 1. The smallest absolute Gasteiger partial charge is 0.341 e. The molecule has 1 aromatic carbocycles. The van der Waals surface area contributed by atoms with Crippen molar-refractivity contribution in [1.82, 2.24) is 5.32 Å². The van der Waals surface area contributed by atoms with Crippen LogP contribution in [-0.4, -0.2) is 11.9 Å². The van der Waals surface area contributed by atoms with Crippen molar-refractivity contribution >= 4 is 23.5 Å². The van der Waals surface area contributed by atoms with E-state index in [-0.39, 0.29) is 17.6 Å². The van der Waals surface area contributed by atoms with Crippen molar-refractivity contribution in [2.24, 2.45) is 0 Å². The molecule has 0 amide bonds. The maximum atomic E-state index is 12.2. The van der Waals surface area contributed by atoms with Crippen molar-refractivity contribution in [1.29, 1.82) is 0 Å². The minimum atomic E-state index is -1.31. The number of carboxylic acids is 1. The predicted octanol–water partition coefficient (Wildman–Crippen LogP) is 1.54. The Bertz CT molecular complexity index is 676. The fourth-order valence-electron chi connectivity index (χ4n) is 2.02. The summed E-state index contributed by atoms with van der Waals surface area (Å²) >= 11 is 5.82. The molecule has 1 aromatic rings. The van der Waals surface area contributed by atoms with Gasteiger partial charge < -0.3 is 20.0 Å². The Kier molecular flexibility index (Phi) is 4.33. The summed E-state index contributed by atoms with van der Waals surface area (Å²) in [6.07, 6.45) is -0.0353. The Labute approximate surface area is 126 Å². The molecule has 5 nitrogen and oxygen atoms in total. The van der Waals surface area contributed by atoms with Crippen LogP contribution in [0.5, 0.6) is 5.75 Å². The molecule has 0 fully saturated rings. The topological polar surface area (TPSA) is 78.5 Å². The van der Waals surface area contributed by atoms with Gasteiger partial charge in [0, 0.05) is 22.8 Å². The summed E-state index contributed by atoms with van der Waals surface area (Å²) in [7, 11) is 0. The molecule has 1 N–H and O–H groups in total. The monoisotopic (exact) mass is 306 g/mol. The lowest BCUT2D eigenvalue weighted by atomic mass is 9.98. The Hall–Kier alpha value is -2.27. The molecular weight excluding hydrogens is 294 g/mol. The molecule has 21 heavy (non-hydrogen) atoms. The lowest BCUT2D eigenvalue weighted by Gasteiger charge is -2.23. The molecule has 1 aliphatic heterocycles. The highest BCUT2D eigenvalue weighted by atomic mass is 35.5. The second-order valence-corrected chi connectivity index (χ2v) is 5.08. The van der Waals surface area contributed by atoms with Crippen molar-refractivity contribution < 1.29 is 19.4 Å². The highest BCUT2D eigenvalue weighted by molar-refractivity contribution is 6.30. The first kappa shape index (κ1) is 15.1. The Balaban J connectivity index is 2.19. The zero-order valence-electron chi connectivity index (χ0n) is 11.5. The highest BCUT2D eigenvalue weighted by Gasteiger charge is 2.23. The summed E-state index contributed by atoms with van der Waals surface area (Å²) < 4.78 is 5.21. The second-order valence-electron chi connectivity index (χ2n) is 4.64. The average Bonchev–Trinajstić information content (AvgIpc) is 2.37. The Morgan fingerprint density at radius 1 is 1.24 bits per heavy atom. The quantitative estimate of drug-likeness (QED) is 0.677. The number of hydrogen-bond acceptors (Lipinski definition) is 5. The van der Waals surface area contributed by atoms with Gasteiger partial charge in [-0.3, -0.25) is 0 Å². The maximum absolute atomic E-state index is 12.2. The molecule has 6 heteroatoms. The molecule has 0 saturated heterocycles. The van der Waals surface area contributed by atoms with Gasteiger partial charge in [-0.2, -0.15) is 0 Å². The molecule has 0 unspecified atom stereocenters. The zero-order valence-corrected chi connectivity index (χ0v) is 12.3. The number of halogens is 1. The molecule has 0 radical (unpaired) electrons. The van der Waals surface area contributed by atoms with Gasteiger partial charge in [-0.1, -0.05) is 17.7 Å². The number of hydrogen-bond donors (Lipinski definition) is 1. The number of nitrogens with one attached hydrogen (secondary N) is 1. The van der Waals surface area contributed by atoms with Crippen LogP contribution in [0.1, 0.15) is 20.3 Å². The molecule has 0 atom stereocenters. The van der Waals surface area contributed by atoms with E-state index in [1.54, 1.807) is 32.0 Å². The average molecular weight is 307 g/mol. The van der Waals surface area contributed by atoms with E-state index in [1.165, 1.54) is 6.07 Å². The number of dihydropyridines is 1. The second kappa shape index (κ2) is 6.01. The van der Waals surface area contributed by atoms with E-state index in [1.807, 2.05) is 0 Å². The van der Waals surface area contributed by atoms with Crippen LogP contribution >= 0.6 is 11.6 Å². The van der Waals surface area contributed by atoms with Crippen molar-refractivity contribution in [3.63, 3.8) is 0 Å². The molecule has 0 saturated carbocycles. The Morgan fingerprint density at radius 3 is 2.52 bits per heavy atom. The number of carboxylic acid groups (broad SMARTS) is 1. The van der Waals surface area contributed by atoms with Crippen molar-refractivity contribution in [3.8, 4) is 5.75 Å². The van der Waals surface area contributed by atoms with Gasteiger partial charge in [-0.25, -0.2) is 4.79 Å². The largest absolute Gasteiger partial charge is 0.545 e. The predicted molar refractivity (Wildman–Crippen MR) is 75.2 cm³/mol. The molecule has 0 bridgehead atoms. The van der Waals surface area contributed by atoms with Crippen LogP contribution in [0, 0.1) is 0 Å². The lowest BCUT2D eigenvalue weighted by molar-refractivity contribution is -0.299. The van der Waals surface area contributed by atoms with Gasteiger partial charge in [0.25, 0.3) is 0 Å². The van der Waals surface area contributed by atoms with Crippen molar-refractivity contribution in [3.05, 3.63) is 51.8 Å². The van der Waals surface area contributed by atoms with Gasteiger partial charge >= 0.3 is 5.97 Å². The third-order valence-electron chi connectivity index (χ3n) is 3.13. The number of aliphatic carboxylic acids is 1. The molecule has 0 aliphatic carbocycles. The van der Waals surface area contributed by atoms with E-state index in [0.717, 1.165) is 0 Å². The third-order valence-corrected chi connectivity index (χ3v) is 3.37. The van der Waals surface area contributed by atoms with Crippen LogP contribution in [0.2, 0.25) is 5.02 Å². The molecule has 1 aliphatic rings. The molecule has 2 rings (SSSR count). The van der Waals surface area contributed by atoms with Gasteiger partial charge in [0.15, 0.2) is 0 Å². The number of rotatable bonds is 3. The minimum absolute atomic E-state index is 0.0353. The fraction of sp³-hybridized carbons (Fsp3) is 0.200. The Morgan fingerprint density at radius 2 is 1.90 bits per heavy atom. The minimum Gasteiger partial charge on any atom is -0.545 e. The summed E-state index contributed by atoms with van der Waals surface area (Å²) in [6.45, 7) is 3.30. The van der Waals surface area contributed by atoms with E-state index in [4.69, 9.17) is 16.3 Å². The van der Waals surface area contributed by atoms with Crippen molar-refractivity contribution in [2.45, 2.75) is 20.3 Å². The number of allylic oxidation sites excluding steroid dienone is 2. The van der Waals surface area contributed by atoms with E-state index in [9.17, 15) is 14.7 Å². The van der Waals surface area contributed by atoms with Gasteiger partial charge in [0.2, 0.25) is 0 Å². The first-order valence-corrected chi connectivity index (χ1v) is 6.62. The first-order valence-electron chi connectivity index (χ1n) is 6.24. The SMILES string of the molecule is CC1=C(C(=O)[O-])CC(C(=O)Oc2cccc(Cl)c2)=C(C)N1. The molecular formula is C15H13ClNO4-. The van der Waals surface area contributed by atoms with Gasteiger partial charge in [-0.05, 0) is 37.6 Å². The van der Waals surface area contributed by atoms with Crippen LogP contribution in [0.4, 0.5) is 0 Å². The maximum Gasteiger partial charge on any atom is 0.341 e. The number of carbonyl (C=O) groups excluding carboxylic acids is 2. The lowest BCUT2D eigenvalue weighted by Crippen LogP contribution is -2.32. The van der Waals surface area contributed by atoms with Crippen LogP contribution in [0.3, 0.4) is 0 Å². The zero-order chi connectivity index (χ0) is 15.6. The summed E-state index contributed by atoms with van der Waals surface area (Å²) in [5.41, 5.74) is 1.31.